The highest BCUT2D eigenvalue weighted by Crippen LogP contribution is 2.36. The molecule has 0 aliphatic heterocycles. The van der Waals surface area contributed by atoms with Gasteiger partial charge in [-0.3, -0.25) is 5.10 Å². The van der Waals surface area contributed by atoms with Crippen molar-refractivity contribution in [3.8, 4) is 11.3 Å². The zero-order valence-corrected chi connectivity index (χ0v) is 13.4. The number of nitrogens with zero attached hydrogens (tertiary/aromatic N) is 1. The van der Waals surface area contributed by atoms with Crippen molar-refractivity contribution in [2.45, 2.75) is 6.92 Å². The van der Waals surface area contributed by atoms with E-state index in [0.717, 1.165) is 15.4 Å². The van der Waals surface area contributed by atoms with Gasteiger partial charge in [-0.25, -0.2) is 4.79 Å². The van der Waals surface area contributed by atoms with Crippen LogP contribution in [0, 0.1) is 0 Å². The topological polar surface area (TPSA) is 70.8 Å². The maximum atomic E-state index is 12.2. The van der Waals surface area contributed by atoms with Crippen LogP contribution in [0.4, 0.5) is 0 Å². The molecule has 0 saturated heterocycles. The summed E-state index contributed by atoms with van der Waals surface area (Å²) >= 11 is 9.54. The maximum absolute atomic E-state index is 12.2. The Morgan fingerprint density at radius 2 is 2.29 bits per heavy atom. The summed E-state index contributed by atoms with van der Waals surface area (Å²) in [4.78, 5) is 15.3. The molecule has 0 aliphatic rings. The minimum atomic E-state index is -0.418. The average Bonchev–Trinajstić information content (AvgIpc) is 3.06. The first kappa shape index (κ1) is 14.2. The van der Waals surface area contributed by atoms with Gasteiger partial charge in [0.15, 0.2) is 0 Å². The molecule has 1 aromatic carbocycles. The molecule has 0 amide bonds. The van der Waals surface area contributed by atoms with Gasteiger partial charge < -0.3 is 9.72 Å². The van der Waals surface area contributed by atoms with E-state index in [4.69, 9.17) is 16.3 Å². The summed E-state index contributed by atoms with van der Waals surface area (Å²) < 4.78 is 5.86. The number of rotatable bonds is 3. The van der Waals surface area contributed by atoms with Crippen molar-refractivity contribution >= 4 is 44.4 Å². The van der Waals surface area contributed by atoms with Crippen LogP contribution in [-0.2, 0) is 4.74 Å². The molecule has 108 valence electrons. The van der Waals surface area contributed by atoms with E-state index in [9.17, 15) is 4.79 Å². The van der Waals surface area contributed by atoms with Crippen molar-refractivity contribution < 1.29 is 9.53 Å². The third kappa shape index (κ3) is 2.45. The second-order valence-corrected chi connectivity index (χ2v) is 5.63. The second-order valence-electron chi connectivity index (χ2n) is 4.37. The predicted molar refractivity (Wildman–Crippen MR) is 84.5 cm³/mol. The number of H-pyrrole nitrogens is 2. The SMILES string of the molecule is CCOC(=O)c1[nH]c2cc(Br)c(Cl)cc2c1-c1cc[nH]n1. The molecule has 2 heterocycles. The van der Waals surface area contributed by atoms with Gasteiger partial charge in [-0.1, -0.05) is 11.6 Å². The summed E-state index contributed by atoms with van der Waals surface area (Å²) in [6.45, 7) is 2.07. The first-order valence-corrected chi connectivity index (χ1v) is 7.47. The lowest BCUT2D eigenvalue weighted by Gasteiger charge is -2.02. The van der Waals surface area contributed by atoms with E-state index in [0.29, 0.717) is 28.6 Å². The van der Waals surface area contributed by atoms with E-state index in [1.165, 1.54) is 0 Å². The number of esters is 1. The monoisotopic (exact) mass is 367 g/mol. The molecule has 0 fully saturated rings. The van der Waals surface area contributed by atoms with Crippen molar-refractivity contribution in [1.29, 1.82) is 0 Å². The molecule has 21 heavy (non-hydrogen) atoms. The molecular formula is C14H11BrClN3O2. The highest BCUT2D eigenvalue weighted by molar-refractivity contribution is 9.10. The maximum Gasteiger partial charge on any atom is 0.355 e. The van der Waals surface area contributed by atoms with Gasteiger partial charge in [-0.2, -0.15) is 5.10 Å². The quantitative estimate of drug-likeness (QED) is 0.682. The molecule has 5 nitrogen and oxygen atoms in total. The van der Waals surface area contributed by atoms with Gasteiger partial charge in [-0.05, 0) is 41.1 Å². The highest BCUT2D eigenvalue weighted by atomic mass is 79.9. The van der Waals surface area contributed by atoms with Gasteiger partial charge in [0.2, 0.25) is 0 Å². The van der Waals surface area contributed by atoms with E-state index < -0.39 is 5.97 Å². The van der Waals surface area contributed by atoms with Crippen molar-refractivity contribution in [2.24, 2.45) is 0 Å². The number of carbonyl (C=O) groups excluding carboxylic acids is 1. The Balaban J connectivity index is 2.31. The summed E-state index contributed by atoms with van der Waals surface area (Å²) in [6.07, 6.45) is 1.70. The Hall–Kier alpha value is -1.79. The molecule has 2 aromatic heterocycles. The molecule has 0 radical (unpaired) electrons. The van der Waals surface area contributed by atoms with Crippen molar-refractivity contribution in [1.82, 2.24) is 15.2 Å². The molecule has 0 unspecified atom stereocenters. The zero-order valence-electron chi connectivity index (χ0n) is 11.0. The standard InChI is InChI=1S/C14H11BrClN3O2/c1-2-21-14(20)13-12(10-3-4-17-19-10)7-5-9(16)8(15)6-11(7)18-13/h3-6,18H,2H2,1H3,(H,17,19). The molecule has 3 rings (SSSR count). The Morgan fingerprint density at radius 1 is 1.48 bits per heavy atom. The third-order valence-electron chi connectivity index (χ3n) is 3.08. The number of aromatic amines is 2. The Labute approximate surface area is 133 Å². The van der Waals surface area contributed by atoms with Gasteiger partial charge in [0.25, 0.3) is 0 Å². The number of hydrogen-bond acceptors (Lipinski definition) is 3. The molecule has 0 saturated carbocycles. The summed E-state index contributed by atoms with van der Waals surface area (Å²) in [5, 5.41) is 8.29. The predicted octanol–water partition coefficient (Wildman–Crippen LogP) is 4.15. The number of halogens is 2. The minimum Gasteiger partial charge on any atom is -0.461 e. The molecule has 2 N–H and O–H groups in total. The summed E-state index contributed by atoms with van der Waals surface area (Å²) in [5.41, 5.74) is 2.49. The van der Waals surface area contributed by atoms with E-state index in [1.54, 1.807) is 25.3 Å². The first-order chi connectivity index (χ1) is 10.1. The zero-order chi connectivity index (χ0) is 15.0. The van der Waals surface area contributed by atoms with Crippen LogP contribution in [0.25, 0.3) is 22.2 Å². The number of benzene rings is 1. The number of aromatic nitrogens is 3. The summed E-state index contributed by atoms with van der Waals surface area (Å²) in [5.74, 6) is -0.418. The Bertz CT molecular complexity index is 811. The molecule has 7 heteroatoms. The van der Waals surface area contributed by atoms with Crippen LogP contribution in [0.5, 0.6) is 0 Å². The molecule has 3 aromatic rings. The normalized spacial score (nSPS) is 11.0. The van der Waals surface area contributed by atoms with Crippen molar-refractivity contribution in [3.63, 3.8) is 0 Å². The molecule has 0 aliphatic carbocycles. The summed E-state index contributed by atoms with van der Waals surface area (Å²) in [6, 6.07) is 5.42. The fraction of sp³-hybridized carbons (Fsp3) is 0.143. The smallest absolute Gasteiger partial charge is 0.355 e. The van der Waals surface area contributed by atoms with Crippen LogP contribution in [0.1, 0.15) is 17.4 Å². The van der Waals surface area contributed by atoms with Gasteiger partial charge in [-0.15, -0.1) is 0 Å². The lowest BCUT2D eigenvalue weighted by atomic mass is 10.1. The van der Waals surface area contributed by atoms with E-state index in [2.05, 4.69) is 31.1 Å². The number of carbonyl (C=O) groups is 1. The van der Waals surface area contributed by atoms with Crippen LogP contribution < -0.4 is 0 Å². The van der Waals surface area contributed by atoms with Gasteiger partial charge in [0.1, 0.15) is 5.69 Å². The molecular weight excluding hydrogens is 358 g/mol. The number of hydrogen-bond donors (Lipinski definition) is 2. The number of nitrogens with one attached hydrogen (secondary N) is 2. The van der Waals surface area contributed by atoms with Crippen molar-refractivity contribution in [3.05, 3.63) is 39.6 Å². The average molecular weight is 369 g/mol. The van der Waals surface area contributed by atoms with E-state index >= 15 is 0 Å². The van der Waals surface area contributed by atoms with Crippen LogP contribution in [0.2, 0.25) is 5.02 Å². The minimum absolute atomic E-state index is 0.304. The third-order valence-corrected chi connectivity index (χ3v) is 4.27. The fourth-order valence-electron chi connectivity index (χ4n) is 2.21. The molecule has 0 atom stereocenters. The molecule has 0 bridgehead atoms. The number of ether oxygens (including phenoxy) is 1. The fourth-order valence-corrected chi connectivity index (χ4v) is 2.72. The first-order valence-electron chi connectivity index (χ1n) is 6.29. The van der Waals surface area contributed by atoms with Gasteiger partial charge >= 0.3 is 5.97 Å². The second kappa shape index (κ2) is 5.54. The van der Waals surface area contributed by atoms with Crippen LogP contribution in [-0.4, -0.2) is 27.8 Å². The van der Waals surface area contributed by atoms with E-state index in [1.807, 2.05) is 6.07 Å². The van der Waals surface area contributed by atoms with E-state index in [-0.39, 0.29) is 0 Å². The highest BCUT2D eigenvalue weighted by Gasteiger charge is 2.22. The largest absolute Gasteiger partial charge is 0.461 e. The van der Waals surface area contributed by atoms with Gasteiger partial charge in [0, 0.05) is 27.1 Å². The van der Waals surface area contributed by atoms with Crippen molar-refractivity contribution in [2.75, 3.05) is 6.61 Å². The Morgan fingerprint density at radius 3 is 2.95 bits per heavy atom. The van der Waals surface area contributed by atoms with Gasteiger partial charge in [0.05, 0.1) is 17.3 Å². The molecule has 0 spiro atoms. The summed E-state index contributed by atoms with van der Waals surface area (Å²) in [7, 11) is 0. The lowest BCUT2D eigenvalue weighted by molar-refractivity contribution is 0.0521. The lowest BCUT2D eigenvalue weighted by Crippen LogP contribution is -2.06. The Kier molecular flexibility index (Phi) is 3.73. The van der Waals surface area contributed by atoms with Crippen LogP contribution >= 0.6 is 27.5 Å². The number of fused-ring (bicyclic) bond motifs is 1. The van der Waals surface area contributed by atoms with Crippen LogP contribution in [0.3, 0.4) is 0 Å². The van der Waals surface area contributed by atoms with Crippen LogP contribution in [0.15, 0.2) is 28.9 Å².